The van der Waals surface area contributed by atoms with Gasteiger partial charge in [0.25, 0.3) is 0 Å². The fourth-order valence-corrected chi connectivity index (χ4v) is 3.95. The standard InChI is InChI=1S/C24H22N4/c1-13-17-5-7-19(25-17)14(2)21-9-11-23(27-21)16(4)24-12-10-22(28-24)15(3)20-8-6-18(13)26-20/h5-9,11H,10,12H2,1-4H3/q-2. The lowest BCUT2D eigenvalue weighted by Crippen LogP contribution is -1.89. The molecule has 3 aromatic rings. The van der Waals surface area contributed by atoms with Crippen LogP contribution in [0.15, 0.2) is 24.3 Å². The van der Waals surface area contributed by atoms with E-state index in [4.69, 9.17) is 19.9 Å². The average molecular weight is 366 g/mol. The minimum absolute atomic E-state index is 0.954. The number of aryl methyl sites for hydroxylation is 5. The molecule has 0 unspecified atom stereocenters. The van der Waals surface area contributed by atoms with Crippen molar-refractivity contribution in [1.82, 2.24) is 19.9 Å². The Morgan fingerprint density at radius 2 is 1.04 bits per heavy atom. The van der Waals surface area contributed by atoms with Crippen molar-refractivity contribution in [2.75, 3.05) is 0 Å². The summed E-state index contributed by atoms with van der Waals surface area (Å²) in [6.45, 7) is 8.42. The monoisotopic (exact) mass is 366 g/mol. The zero-order valence-electron chi connectivity index (χ0n) is 16.7. The topological polar surface area (TPSA) is 54.0 Å². The molecule has 8 bridgehead atoms. The maximum atomic E-state index is 4.95. The highest BCUT2D eigenvalue weighted by molar-refractivity contribution is 5.79. The van der Waals surface area contributed by atoms with Crippen molar-refractivity contribution in [1.29, 1.82) is 0 Å². The zero-order valence-corrected chi connectivity index (χ0v) is 16.7. The highest BCUT2D eigenvalue weighted by atomic mass is 14.8. The first-order valence-corrected chi connectivity index (χ1v) is 9.73. The number of nitrogens with zero attached hydrogens (tertiary/aromatic N) is 4. The van der Waals surface area contributed by atoms with Gasteiger partial charge < -0.3 is 9.97 Å². The molecule has 28 heavy (non-hydrogen) atoms. The summed E-state index contributed by atoms with van der Waals surface area (Å²) in [4.78, 5) is 19.5. The Morgan fingerprint density at radius 3 is 1.64 bits per heavy atom. The van der Waals surface area contributed by atoms with Crippen LogP contribution in [-0.4, -0.2) is 9.97 Å². The van der Waals surface area contributed by atoms with E-state index in [-0.39, 0.29) is 0 Å². The molecule has 4 heteroatoms. The lowest BCUT2D eigenvalue weighted by molar-refractivity contribution is 1.00. The quantitative estimate of drug-likeness (QED) is 0.450. The molecule has 0 N–H and O–H groups in total. The summed E-state index contributed by atoms with van der Waals surface area (Å²) in [5.74, 6) is 0. The molecular formula is C24H22N4-2. The minimum atomic E-state index is 0.954. The molecule has 5 heterocycles. The summed E-state index contributed by atoms with van der Waals surface area (Å²) < 4.78 is 0. The summed E-state index contributed by atoms with van der Waals surface area (Å²) in [6, 6.07) is 8.31. The van der Waals surface area contributed by atoms with Gasteiger partial charge in [-0.1, -0.05) is 29.8 Å². The van der Waals surface area contributed by atoms with E-state index in [1.807, 2.05) is 0 Å². The Morgan fingerprint density at radius 1 is 0.571 bits per heavy atom. The van der Waals surface area contributed by atoms with Crippen molar-refractivity contribution in [2.45, 2.75) is 40.5 Å². The maximum absolute atomic E-state index is 4.95. The lowest BCUT2D eigenvalue weighted by Gasteiger charge is -2.09. The minimum Gasteiger partial charge on any atom is -0.657 e. The molecule has 0 saturated carbocycles. The maximum Gasteiger partial charge on any atom is 0.0685 e. The van der Waals surface area contributed by atoms with Crippen molar-refractivity contribution in [2.24, 2.45) is 0 Å². The van der Waals surface area contributed by atoms with Crippen molar-refractivity contribution in [3.05, 3.63) is 69.3 Å². The largest absolute Gasteiger partial charge is 0.657 e. The van der Waals surface area contributed by atoms with Gasteiger partial charge in [0.15, 0.2) is 0 Å². The number of hydrogen-bond donors (Lipinski definition) is 0. The number of fused-ring (bicyclic) bond motifs is 8. The van der Waals surface area contributed by atoms with Gasteiger partial charge in [-0.15, -0.1) is 22.1 Å². The molecule has 0 saturated heterocycles. The smallest absolute Gasteiger partial charge is 0.0685 e. The van der Waals surface area contributed by atoms with E-state index in [1.54, 1.807) is 0 Å². The predicted molar refractivity (Wildman–Crippen MR) is 114 cm³/mol. The van der Waals surface area contributed by atoms with E-state index >= 15 is 0 Å². The predicted octanol–water partition coefficient (Wildman–Crippen LogP) is 4.76. The van der Waals surface area contributed by atoms with Gasteiger partial charge in [-0.2, -0.15) is 0 Å². The fourth-order valence-electron chi connectivity index (χ4n) is 3.95. The summed E-state index contributed by atoms with van der Waals surface area (Å²) in [5, 5.41) is 0. The van der Waals surface area contributed by atoms with Crippen LogP contribution in [0, 0.1) is 27.7 Å². The van der Waals surface area contributed by atoms with Gasteiger partial charge in [-0.25, -0.2) is 4.98 Å². The molecule has 0 aliphatic carbocycles. The van der Waals surface area contributed by atoms with Crippen LogP contribution in [0.4, 0.5) is 0 Å². The van der Waals surface area contributed by atoms with Gasteiger partial charge in [0.05, 0.1) is 11.4 Å². The molecule has 0 fully saturated rings. The van der Waals surface area contributed by atoms with E-state index in [0.717, 1.165) is 79.9 Å². The average Bonchev–Trinajstić information content (AvgIpc) is 3.49. The first-order valence-electron chi connectivity index (χ1n) is 9.73. The molecule has 4 nitrogen and oxygen atoms in total. The van der Waals surface area contributed by atoms with Gasteiger partial charge in [-0.3, -0.25) is 4.98 Å². The van der Waals surface area contributed by atoms with Gasteiger partial charge in [0.2, 0.25) is 0 Å². The number of hydrogen-bond acceptors (Lipinski definition) is 2. The van der Waals surface area contributed by atoms with Crippen LogP contribution in [0.25, 0.3) is 34.2 Å². The Hall–Kier alpha value is -3.14. The second kappa shape index (κ2) is 6.20. The second-order valence-electron chi connectivity index (χ2n) is 7.65. The Labute approximate surface area is 164 Å². The van der Waals surface area contributed by atoms with Crippen LogP contribution in [0.1, 0.15) is 45.0 Å². The van der Waals surface area contributed by atoms with Crippen molar-refractivity contribution in [3.63, 3.8) is 0 Å². The Kier molecular flexibility index (Phi) is 3.76. The first-order chi connectivity index (χ1) is 13.5. The Balaban J connectivity index is 1.95. The number of aromatic nitrogens is 4. The number of rotatable bonds is 0. The van der Waals surface area contributed by atoms with Crippen molar-refractivity contribution < 1.29 is 0 Å². The van der Waals surface area contributed by atoms with E-state index < -0.39 is 0 Å². The van der Waals surface area contributed by atoms with E-state index in [2.05, 4.69) is 64.1 Å². The molecule has 140 valence electrons. The highest BCUT2D eigenvalue weighted by Gasteiger charge is 2.13. The normalized spacial score (nSPS) is 13.3. The summed E-state index contributed by atoms with van der Waals surface area (Å²) in [7, 11) is 0. The molecule has 2 aliphatic rings. The van der Waals surface area contributed by atoms with E-state index in [1.165, 1.54) is 0 Å². The van der Waals surface area contributed by atoms with Crippen molar-refractivity contribution in [3.8, 4) is 0 Å². The molecule has 0 amide bonds. The highest BCUT2D eigenvalue weighted by Crippen LogP contribution is 2.25. The van der Waals surface area contributed by atoms with Gasteiger partial charge in [0, 0.05) is 11.4 Å². The zero-order chi connectivity index (χ0) is 19.4. The fraction of sp³-hybridized carbons (Fsp3) is 0.250. The first kappa shape index (κ1) is 17.0. The molecule has 3 aromatic heterocycles. The SMILES string of the molecule is Cc1c2nc(c(C)c3ccc([n-]3)c(C)c3ccc([n-]3)c(C)c3nc1CC3)C=C2. The van der Waals surface area contributed by atoms with Gasteiger partial charge >= 0.3 is 0 Å². The molecule has 2 aliphatic heterocycles. The molecule has 0 atom stereocenters. The third-order valence-electron chi connectivity index (χ3n) is 5.96. The summed E-state index contributed by atoms with van der Waals surface area (Å²) in [6.07, 6.45) is 6.08. The van der Waals surface area contributed by atoms with Crippen molar-refractivity contribution >= 4 is 34.2 Å². The van der Waals surface area contributed by atoms with E-state index in [0.29, 0.717) is 0 Å². The summed E-state index contributed by atoms with van der Waals surface area (Å²) >= 11 is 0. The van der Waals surface area contributed by atoms with Crippen LogP contribution >= 0.6 is 0 Å². The molecule has 0 radical (unpaired) electrons. The molecule has 0 spiro atoms. The van der Waals surface area contributed by atoms with Crippen LogP contribution < -0.4 is 9.97 Å². The molecule has 0 aromatic carbocycles. The lowest BCUT2D eigenvalue weighted by atomic mass is 10.1. The Bertz CT molecular complexity index is 1300. The van der Waals surface area contributed by atoms with Gasteiger partial charge in [0.1, 0.15) is 0 Å². The third-order valence-corrected chi connectivity index (χ3v) is 5.96. The van der Waals surface area contributed by atoms with Crippen LogP contribution in [-0.2, 0) is 12.8 Å². The second-order valence-corrected chi connectivity index (χ2v) is 7.65. The van der Waals surface area contributed by atoms with Crippen LogP contribution in [0.3, 0.4) is 0 Å². The van der Waals surface area contributed by atoms with E-state index in [9.17, 15) is 0 Å². The third kappa shape index (κ3) is 2.60. The molecule has 5 rings (SSSR count). The van der Waals surface area contributed by atoms with Crippen LogP contribution in [0.5, 0.6) is 0 Å². The summed E-state index contributed by atoms with van der Waals surface area (Å²) in [5.41, 5.74) is 12.6. The van der Waals surface area contributed by atoms with Gasteiger partial charge in [-0.05, 0) is 69.4 Å². The van der Waals surface area contributed by atoms with Crippen LogP contribution in [0.2, 0.25) is 0 Å². The molecular weight excluding hydrogens is 344 g/mol.